The topological polar surface area (TPSA) is 49.4 Å². The number of carbonyl (C=O) groups is 2. The zero-order chi connectivity index (χ0) is 22.0. The number of thiophene rings is 1. The molecule has 2 saturated heterocycles. The van der Waals surface area contributed by atoms with Gasteiger partial charge in [-0.2, -0.15) is 0 Å². The van der Waals surface area contributed by atoms with Gasteiger partial charge < -0.3 is 5.32 Å². The molecule has 3 aromatic rings. The lowest BCUT2D eigenvalue weighted by atomic mass is 9.70. The lowest BCUT2D eigenvalue weighted by molar-refractivity contribution is -0.127. The lowest BCUT2D eigenvalue weighted by Gasteiger charge is -2.36. The summed E-state index contributed by atoms with van der Waals surface area (Å²) in [4.78, 5) is 30.6. The van der Waals surface area contributed by atoms with Gasteiger partial charge in [0.1, 0.15) is 11.4 Å². The lowest BCUT2D eigenvalue weighted by Crippen LogP contribution is -2.52. The molecule has 4 nitrogen and oxygen atoms in total. The highest BCUT2D eigenvalue weighted by atomic mass is 35.5. The van der Waals surface area contributed by atoms with Crippen molar-refractivity contribution in [1.82, 2.24) is 4.90 Å². The molecule has 0 unspecified atom stereocenters. The quantitative estimate of drug-likeness (QED) is 0.508. The Morgan fingerprint density at radius 2 is 2.00 bits per heavy atom. The summed E-state index contributed by atoms with van der Waals surface area (Å²) in [5.74, 6) is -0.259. The Balaban J connectivity index is 1.63. The number of thioether (sulfide) groups is 1. The van der Waals surface area contributed by atoms with Gasteiger partial charge in [-0.15, -0.1) is 23.1 Å². The Hall–Kier alpha value is -2.19. The Morgan fingerprint density at radius 1 is 1.19 bits per heavy atom. The number of amides is 1. The van der Waals surface area contributed by atoms with Crippen molar-refractivity contribution in [1.29, 1.82) is 0 Å². The first-order chi connectivity index (χ1) is 15.5. The van der Waals surface area contributed by atoms with Crippen molar-refractivity contribution in [2.24, 2.45) is 5.92 Å². The molecule has 1 amide bonds. The van der Waals surface area contributed by atoms with E-state index in [1.54, 1.807) is 23.9 Å². The van der Waals surface area contributed by atoms with E-state index in [2.05, 4.69) is 10.2 Å². The molecule has 1 N–H and O–H groups in total. The van der Waals surface area contributed by atoms with Crippen LogP contribution in [0.1, 0.15) is 26.7 Å². The zero-order valence-electron chi connectivity index (χ0n) is 16.8. The van der Waals surface area contributed by atoms with Crippen LogP contribution in [-0.2, 0) is 10.3 Å². The van der Waals surface area contributed by atoms with Crippen molar-refractivity contribution in [2.45, 2.75) is 17.5 Å². The molecule has 4 atom stereocenters. The largest absolute Gasteiger partial charge is 0.324 e. The molecule has 162 valence electrons. The second-order valence-electron chi connectivity index (χ2n) is 8.34. The van der Waals surface area contributed by atoms with Crippen molar-refractivity contribution >= 4 is 52.1 Å². The maximum atomic E-state index is 14.5. The van der Waals surface area contributed by atoms with Gasteiger partial charge in [0, 0.05) is 39.9 Å². The summed E-state index contributed by atoms with van der Waals surface area (Å²) in [6.45, 7) is 0. The van der Waals surface area contributed by atoms with E-state index in [1.165, 1.54) is 23.5 Å². The van der Waals surface area contributed by atoms with Crippen LogP contribution in [-0.4, -0.2) is 34.3 Å². The second-order valence-corrected chi connectivity index (χ2v) is 10.7. The van der Waals surface area contributed by atoms with E-state index in [1.807, 2.05) is 35.7 Å². The normalized spacial score (nSPS) is 28.7. The van der Waals surface area contributed by atoms with Crippen LogP contribution in [0.2, 0.25) is 5.02 Å². The Morgan fingerprint density at radius 3 is 2.75 bits per heavy atom. The molecule has 32 heavy (non-hydrogen) atoms. The minimum absolute atomic E-state index is 0.0324. The molecular weight excluding hydrogens is 467 g/mol. The number of carbonyl (C=O) groups excluding carboxylic acids is 2. The van der Waals surface area contributed by atoms with Crippen molar-refractivity contribution in [2.75, 3.05) is 16.9 Å². The van der Waals surface area contributed by atoms with E-state index in [9.17, 15) is 14.0 Å². The van der Waals surface area contributed by atoms with Crippen molar-refractivity contribution in [3.63, 3.8) is 0 Å². The predicted octanol–water partition coefficient (Wildman–Crippen LogP) is 5.36. The summed E-state index contributed by atoms with van der Waals surface area (Å²) in [5, 5.41) is 5.44. The molecule has 8 heteroatoms. The van der Waals surface area contributed by atoms with E-state index in [-0.39, 0.29) is 23.7 Å². The third-order valence-electron chi connectivity index (χ3n) is 6.88. The molecule has 0 saturated carbocycles. The molecule has 0 bridgehead atoms. The molecule has 6 rings (SSSR count). The van der Waals surface area contributed by atoms with Gasteiger partial charge in [0.2, 0.25) is 5.91 Å². The highest BCUT2D eigenvalue weighted by Crippen LogP contribution is 2.61. The number of benzene rings is 2. The maximum Gasteiger partial charge on any atom is 0.250 e. The van der Waals surface area contributed by atoms with E-state index in [0.29, 0.717) is 27.0 Å². The summed E-state index contributed by atoms with van der Waals surface area (Å²) in [5.41, 5.74) is 0.849. The maximum absolute atomic E-state index is 14.5. The van der Waals surface area contributed by atoms with Gasteiger partial charge in [-0.25, -0.2) is 4.39 Å². The Kier molecular flexibility index (Phi) is 4.73. The molecular formula is C24H18ClFN2O2S2. The highest BCUT2D eigenvalue weighted by Gasteiger charge is 2.69. The second kappa shape index (κ2) is 7.42. The number of rotatable bonds is 3. The fourth-order valence-electron chi connectivity index (χ4n) is 5.68. The van der Waals surface area contributed by atoms with Crippen LogP contribution < -0.4 is 5.32 Å². The van der Waals surface area contributed by atoms with Crippen LogP contribution in [0.25, 0.3) is 0 Å². The number of Topliss-reactive ketones (excluding diaryl/α,β-unsaturated/α-hetero) is 1. The van der Waals surface area contributed by atoms with E-state index in [0.717, 1.165) is 11.3 Å². The number of hydrogen-bond donors (Lipinski definition) is 1. The number of nitrogens with one attached hydrogen (secondary N) is 1. The van der Waals surface area contributed by atoms with Crippen LogP contribution in [0.4, 0.5) is 10.1 Å². The molecule has 2 aromatic carbocycles. The third-order valence-corrected chi connectivity index (χ3v) is 9.06. The van der Waals surface area contributed by atoms with Gasteiger partial charge in [-0.3, -0.25) is 14.5 Å². The van der Waals surface area contributed by atoms with Gasteiger partial charge in [-0.1, -0.05) is 29.8 Å². The predicted molar refractivity (Wildman–Crippen MR) is 126 cm³/mol. The molecule has 3 aliphatic heterocycles. The fourth-order valence-corrected chi connectivity index (χ4v) is 7.83. The molecule has 1 aromatic heterocycles. The van der Waals surface area contributed by atoms with E-state index < -0.39 is 17.3 Å². The smallest absolute Gasteiger partial charge is 0.250 e. The molecule has 4 heterocycles. The molecule has 3 aliphatic rings. The molecule has 1 spiro atoms. The Bertz CT molecular complexity index is 1230. The van der Waals surface area contributed by atoms with Crippen molar-refractivity contribution < 1.29 is 14.0 Å². The Labute approximate surface area is 197 Å². The number of halogens is 2. The van der Waals surface area contributed by atoms with Gasteiger partial charge >= 0.3 is 0 Å². The number of hydrogen-bond acceptors (Lipinski definition) is 5. The summed E-state index contributed by atoms with van der Waals surface area (Å²) >= 11 is 9.26. The molecule has 0 aliphatic carbocycles. The zero-order valence-corrected chi connectivity index (χ0v) is 19.1. The highest BCUT2D eigenvalue weighted by molar-refractivity contribution is 7.99. The summed E-state index contributed by atoms with van der Waals surface area (Å²) < 4.78 is 14.5. The fraction of sp³-hybridized carbons (Fsp3) is 0.250. The number of anilines is 1. The summed E-state index contributed by atoms with van der Waals surface area (Å²) in [6.07, 6.45) is 0. The number of nitrogens with zero attached hydrogens (tertiary/aromatic N) is 1. The minimum atomic E-state index is -1.25. The van der Waals surface area contributed by atoms with Gasteiger partial charge in [0.25, 0.3) is 0 Å². The van der Waals surface area contributed by atoms with Crippen LogP contribution in [0.3, 0.4) is 0 Å². The SMILES string of the molecule is O=C(c1cccs1)[C@@H]1[C@@H](c2ccc(Cl)cc2)[C@H]2CSCN2[C@@]12C(=O)Nc1ccc(F)cc12. The first kappa shape index (κ1) is 20.4. The van der Waals surface area contributed by atoms with Gasteiger partial charge in [0.05, 0.1) is 10.8 Å². The average Bonchev–Trinajstić information content (AvgIpc) is 3.55. The van der Waals surface area contributed by atoms with E-state index in [4.69, 9.17) is 11.6 Å². The van der Waals surface area contributed by atoms with Crippen LogP contribution in [0.15, 0.2) is 60.0 Å². The van der Waals surface area contributed by atoms with Crippen LogP contribution in [0, 0.1) is 11.7 Å². The molecule has 2 fully saturated rings. The monoisotopic (exact) mass is 484 g/mol. The van der Waals surface area contributed by atoms with E-state index >= 15 is 0 Å². The number of fused-ring (bicyclic) bond motifs is 4. The first-order valence-corrected chi connectivity index (χ1v) is 12.7. The van der Waals surface area contributed by atoms with Crippen molar-refractivity contribution in [3.05, 3.63) is 86.8 Å². The minimum Gasteiger partial charge on any atom is -0.324 e. The standard InChI is InChI=1S/C24H18ClFN2O2S2/c25-14-5-3-13(4-6-14)20-18-11-31-12-28(18)24(21(20)22(29)19-2-1-9-32-19)16-10-15(26)7-8-17(16)27-23(24)30/h1-10,18,20-21H,11-12H2,(H,27,30)/t18-,20+,21+,24-/m1/s1. The van der Waals surface area contributed by atoms with Crippen molar-refractivity contribution in [3.8, 4) is 0 Å². The van der Waals surface area contributed by atoms with Gasteiger partial charge in [-0.05, 0) is 47.3 Å². The first-order valence-electron chi connectivity index (χ1n) is 10.3. The van der Waals surface area contributed by atoms with Crippen LogP contribution in [0.5, 0.6) is 0 Å². The van der Waals surface area contributed by atoms with Gasteiger partial charge in [0.15, 0.2) is 5.78 Å². The average molecular weight is 485 g/mol. The molecule has 0 radical (unpaired) electrons. The summed E-state index contributed by atoms with van der Waals surface area (Å²) in [6, 6.07) is 15.5. The number of ketones is 1. The third kappa shape index (κ3) is 2.71. The van der Waals surface area contributed by atoms with Crippen LogP contribution >= 0.6 is 34.7 Å². The summed E-state index contributed by atoms with van der Waals surface area (Å²) in [7, 11) is 0.